The molecule has 0 spiro atoms. The molecule has 0 aliphatic heterocycles. The molecule has 0 radical (unpaired) electrons. The van der Waals surface area contributed by atoms with Crippen molar-refractivity contribution in [3.8, 4) is 5.75 Å². The van der Waals surface area contributed by atoms with Gasteiger partial charge >= 0.3 is 0 Å². The molecule has 1 unspecified atom stereocenters. The van der Waals surface area contributed by atoms with Crippen molar-refractivity contribution in [3.05, 3.63) is 95.8 Å². The lowest BCUT2D eigenvalue weighted by atomic mass is 10.0. The Balaban J connectivity index is 1.60. The first-order chi connectivity index (χ1) is 21.2. The van der Waals surface area contributed by atoms with Crippen molar-refractivity contribution in [2.24, 2.45) is 0 Å². The van der Waals surface area contributed by atoms with E-state index in [1.165, 1.54) is 15.3 Å². The molecule has 2 amide bonds. The third kappa shape index (κ3) is 9.05. The van der Waals surface area contributed by atoms with Crippen LogP contribution in [0.2, 0.25) is 0 Å². The number of hydrogen-bond acceptors (Lipinski definition) is 5. The van der Waals surface area contributed by atoms with Gasteiger partial charge in [-0.15, -0.1) is 0 Å². The summed E-state index contributed by atoms with van der Waals surface area (Å²) >= 11 is 0. The van der Waals surface area contributed by atoms with Crippen molar-refractivity contribution < 1.29 is 27.1 Å². The monoisotopic (exact) mass is 623 g/mol. The SMILES string of the molecule is CCOc1ccccc1N(CCCC(=O)N(Cc1ccccc1F)C(Cc1ccccc1)C(=O)NC1CCCC1)S(C)(=O)=O. The summed E-state index contributed by atoms with van der Waals surface area (Å²) in [5.41, 5.74) is 1.57. The molecule has 44 heavy (non-hydrogen) atoms. The lowest BCUT2D eigenvalue weighted by Crippen LogP contribution is -2.52. The number of ether oxygens (including phenoxy) is 1. The van der Waals surface area contributed by atoms with Gasteiger partial charge in [0, 0.05) is 37.5 Å². The van der Waals surface area contributed by atoms with Crippen LogP contribution in [0.3, 0.4) is 0 Å². The highest BCUT2D eigenvalue weighted by molar-refractivity contribution is 7.92. The maximum atomic E-state index is 14.9. The average Bonchev–Trinajstić information content (AvgIpc) is 3.51. The lowest BCUT2D eigenvalue weighted by molar-refractivity contribution is -0.141. The molecule has 3 aromatic rings. The van der Waals surface area contributed by atoms with E-state index in [2.05, 4.69) is 5.32 Å². The molecule has 4 rings (SSSR count). The van der Waals surface area contributed by atoms with Crippen molar-refractivity contribution in [2.75, 3.05) is 23.7 Å². The van der Waals surface area contributed by atoms with Crippen molar-refractivity contribution in [3.63, 3.8) is 0 Å². The van der Waals surface area contributed by atoms with Crippen molar-refractivity contribution in [1.82, 2.24) is 10.2 Å². The minimum Gasteiger partial charge on any atom is -0.492 e. The summed E-state index contributed by atoms with van der Waals surface area (Å²) in [5, 5.41) is 3.14. The summed E-state index contributed by atoms with van der Waals surface area (Å²) in [6, 6.07) is 21.7. The number of benzene rings is 3. The van der Waals surface area contributed by atoms with E-state index in [1.54, 1.807) is 42.5 Å². The van der Waals surface area contributed by atoms with Crippen LogP contribution in [0.1, 0.15) is 56.6 Å². The average molecular weight is 624 g/mol. The molecule has 0 saturated heterocycles. The fourth-order valence-electron chi connectivity index (χ4n) is 5.65. The molecule has 0 heterocycles. The summed E-state index contributed by atoms with van der Waals surface area (Å²) in [6.45, 7) is 2.12. The van der Waals surface area contributed by atoms with E-state index in [-0.39, 0.29) is 50.2 Å². The predicted molar refractivity (Wildman–Crippen MR) is 170 cm³/mol. The largest absolute Gasteiger partial charge is 0.492 e. The molecule has 10 heteroatoms. The Morgan fingerprint density at radius 3 is 2.32 bits per heavy atom. The number of sulfonamides is 1. The van der Waals surface area contributed by atoms with Crippen LogP contribution < -0.4 is 14.4 Å². The van der Waals surface area contributed by atoms with Crippen molar-refractivity contribution in [2.45, 2.75) is 70.5 Å². The number of halogens is 1. The van der Waals surface area contributed by atoms with Crippen LogP contribution in [0.25, 0.3) is 0 Å². The Hall–Kier alpha value is -3.92. The van der Waals surface area contributed by atoms with Crippen molar-refractivity contribution >= 4 is 27.5 Å². The van der Waals surface area contributed by atoms with Crippen LogP contribution in [0, 0.1) is 5.82 Å². The van der Waals surface area contributed by atoms with Gasteiger partial charge in [0.25, 0.3) is 0 Å². The van der Waals surface area contributed by atoms with Gasteiger partial charge in [0.2, 0.25) is 21.8 Å². The van der Waals surface area contributed by atoms with Gasteiger partial charge in [-0.1, -0.05) is 73.5 Å². The first-order valence-corrected chi connectivity index (χ1v) is 17.1. The van der Waals surface area contributed by atoms with Crippen LogP contribution in [0.4, 0.5) is 10.1 Å². The molecule has 1 fully saturated rings. The molecular formula is C34H42FN3O5S. The standard InChI is InChI=1S/C34H42FN3O5S/c1-3-43-32-21-12-11-20-30(32)38(44(2,41)42)23-13-22-33(39)37(25-27-16-7-10-19-29(27)35)31(24-26-14-5-4-6-15-26)34(40)36-28-17-8-9-18-28/h4-7,10-12,14-16,19-21,28,31H,3,8-9,13,17-18,22-25H2,1-2H3,(H,36,40). The van der Waals surface area contributed by atoms with Gasteiger partial charge in [0.15, 0.2) is 0 Å². The topological polar surface area (TPSA) is 96.0 Å². The second kappa shape index (κ2) is 15.7. The van der Waals surface area contributed by atoms with Crippen LogP contribution in [0.5, 0.6) is 5.75 Å². The number of carbonyl (C=O) groups is 2. The highest BCUT2D eigenvalue weighted by atomic mass is 32.2. The summed E-state index contributed by atoms with van der Waals surface area (Å²) in [4.78, 5) is 29.3. The molecule has 236 valence electrons. The van der Waals surface area contributed by atoms with Gasteiger partial charge in [-0.2, -0.15) is 0 Å². The third-order valence-corrected chi connectivity index (χ3v) is 9.04. The summed E-state index contributed by atoms with van der Waals surface area (Å²) in [5.74, 6) is -0.661. The summed E-state index contributed by atoms with van der Waals surface area (Å²) in [7, 11) is -3.70. The fraction of sp³-hybridized carbons (Fsp3) is 0.412. The highest BCUT2D eigenvalue weighted by Gasteiger charge is 2.33. The molecule has 1 aliphatic rings. The maximum absolute atomic E-state index is 14.9. The van der Waals surface area contributed by atoms with E-state index in [4.69, 9.17) is 4.74 Å². The quantitative estimate of drug-likeness (QED) is 0.242. The molecule has 0 aromatic heterocycles. The van der Waals surface area contributed by atoms with Crippen LogP contribution in [-0.4, -0.2) is 56.6 Å². The molecule has 1 aliphatic carbocycles. The molecule has 3 aromatic carbocycles. The first-order valence-electron chi connectivity index (χ1n) is 15.2. The molecule has 0 bridgehead atoms. The Bertz CT molecular complexity index is 1500. The van der Waals surface area contributed by atoms with Gasteiger partial charge in [-0.25, -0.2) is 12.8 Å². The number of rotatable bonds is 15. The van der Waals surface area contributed by atoms with Gasteiger partial charge < -0.3 is 15.0 Å². The number of carbonyl (C=O) groups excluding carboxylic acids is 2. The summed E-state index contributed by atoms with van der Waals surface area (Å²) in [6.07, 6.45) is 5.36. The van der Waals surface area contributed by atoms with E-state index in [9.17, 15) is 22.4 Å². The van der Waals surface area contributed by atoms with E-state index in [0.717, 1.165) is 37.5 Å². The third-order valence-electron chi connectivity index (χ3n) is 7.86. The Kier molecular flexibility index (Phi) is 11.8. The fourth-order valence-corrected chi connectivity index (χ4v) is 6.62. The van der Waals surface area contributed by atoms with E-state index < -0.39 is 21.9 Å². The number of nitrogens with zero attached hydrogens (tertiary/aromatic N) is 2. The van der Waals surface area contributed by atoms with Gasteiger partial charge in [0.05, 0.1) is 18.6 Å². The Morgan fingerprint density at radius 2 is 1.64 bits per heavy atom. The Morgan fingerprint density at radius 1 is 0.977 bits per heavy atom. The molecule has 1 N–H and O–H groups in total. The molecular weight excluding hydrogens is 581 g/mol. The second-order valence-corrected chi connectivity index (χ2v) is 13.1. The van der Waals surface area contributed by atoms with Gasteiger partial charge in [0.1, 0.15) is 17.6 Å². The lowest BCUT2D eigenvalue weighted by Gasteiger charge is -2.33. The molecule has 1 saturated carbocycles. The predicted octanol–water partition coefficient (Wildman–Crippen LogP) is 5.47. The Labute approximate surface area is 260 Å². The zero-order chi connectivity index (χ0) is 31.5. The van der Waals surface area contributed by atoms with Gasteiger partial charge in [-0.05, 0) is 49.9 Å². The highest BCUT2D eigenvalue weighted by Crippen LogP contribution is 2.30. The first kappa shape index (κ1) is 33.0. The van der Waals surface area contributed by atoms with Crippen LogP contribution in [-0.2, 0) is 32.6 Å². The smallest absolute Gasteiger partial charge is 0.243 e. The minimum absolute atomic E-state index is 0.0276. The second-order valence-electron chi connectivity index (χ2n) is 11.1. The number of para-hydroxylation sites is 2. The normalized spacial score (nSPS) is 14.2. The number of hydrogen-bond donors (Lipinski definition) is 1. The number of anilines is 1. The minimum atomic E-state index is -3.70. The number of amides is 2. The molecule has 1 atom stereocenters. The zero-order valence-electron chi connectivity index (χ0n) is 25.5. The maximum Gasteiger partial charge on any atom is 0.243 e. The van der Waals surface area contributed by atoms with E-state index in [0.29, 0.717) is 23.6 Å². The van der Waals surface area contributed by atoms with E-state index in [1.807, 2.05) is 37.3 Å². The summed E-state index contributed by atoms with van der Waals surface area (Å²) < 4.78 is 47.4. The zero-order valence-corrected chi connectivity index (χ0v) is 26.3. The van der Waals surface area contributed by atoms with Crippen molar-refractivity contribution in [1.29, 1.82) is 0 Å². The number of nitrogens with one attached hydrogen (secondary N) is 1. The van der Waals surface area contributed by atoms with E-state index >= 15 is 0 Å². The van der Waals surface area contributed by atoms with Gasteiger partial charge in [-0.3, -0.25) is 13.9 Å². The molecule has 8 nitrogen and oxygen atoms in total. The van der Waals surface area contributed by atoms with Crippen LogP contribution >= 0.6 is 0 Å². The van der Waals surface area contributed by atoms with Crippen LogP contribution in [0.15, 0.2) is 78.9 Å².